The van der Waals surface area contributed by atoms with Crippen molar-refractivity contribution in [3.63, 3.8) is 0 Å². The Bertz CT molecular complexity index is 301. The second kappa shape index (κ2) is 5.17. The van der Waals surface area contributed by atoms with Crippen molar-refractivity contribution in [3.05, 3.63) is 0 Å². The van der Waals surface area contributed by atoms with E-state index in [1.807, 2.05) is 0 Å². The highest BCUT2D eigenvalue weighted by molar-refractivity contribution is 5.78. The third-order valence-corrected chi connectivity index (χ3v) is 4.44. The molecule has 0 aromatic heterocycles. The molecule has 4 nitrogen and oxygen atoms in total. The maximum Gasteiger partial charge on any atom is 0.234 e. The van der Waals surface area contributed by atoms with Crippen molar-refractivity contribution in [2.75, 3.05) is 19.6 Å². The minimum atomic E-state index is -0.241. The minimum absolute atomic E-state index is 0.160. The Morgan fingerprint density at radius 3 is 2.44 bits per heavy atom. The van der Waals surface area contributed by atoms with Gasteiger partial charge in [0, 0.05) is 12.6 Å². The Morgan fingerprint density at radius 1 is 1.22 bits per heavy atom. The van der Waals surface area contributed by atoms with Crippen LogP contribution in [-0.4, -0.2) is 47.7 Å². The van der Waals surface area contributed by atoms with Crippen molar-refractivity contribution in [2.45, 2.75) is 50.7 Å². The van der Waals surface area contributed by atoms with Crippen LogP contribution in [0.2, 0.25) is 0 Å². The monoisotopic (exact) mass is 252 g/mol. The molecule has 1 unspecified atom stereocenters. The van der Waals surface area contributed by atoms with Crippen LogP contribution in [0.15, 0.2) is 0 Å². The fourth-order valence-electron chi connectivity index (χ4n) is 3.14. The van der Waals surface area contributed by atoms with Gasteiger partial charge in [-0.1, -0.05) is 0 Å². The van der Waals surface area contributed by atoms with Crippen LogP contribution in [0.1, 0.15) is 38.5 Å². The summed E-state index contributed by atoms with van der Waals surface area (Å²) < 4.78 is 0. The quantitative estimate of drug-likeness (QED) is 0.759. The smallest absolute Gasteiger partial charge is 0.234 e. The van der Waals surface area contributed by atoms with Gasteiger partial charge in [0.2, 0.25) is 5.91 Å². The largest absolute Gasteiger partial charge is 0.392 e. The number of piperidine rings is 1. The van der Waals surface area contributed by atoms with Crippen LogP contribution in [0.25, 0.3) is 0 Å². The Labute approximate surface area is 109 Å². The van der Waals surface area contributed by atoms with E-state index in [-0.39, 0.29) is 12.0 Å². The van der Waals surface area contributed by atoms with E-state index in [9.17, 15) is 9.90 Å². The molecular weight excluding hydrogens is 228 g/mol. The van der Waals surface area contributed by atoms with Crippen molar-refractivity contribution in [1.29, 1.82) is 0 Å². The number of nitrogens with zero attached hydrogens (tertiary/aromatic N) is 1. The summed E-state index contributed by atoms with van der Waals surface area (Å²) in [4.78, 5) is 14.1. The molecule has 0 radical (unpaired) electrons. The molecule has 1 atom stereocenters. The van der Waals surface area contributed by atoms with Crippen molar-refractivity contribution in [1.82, 2.24) is 10.2 Å². The topological polar surface area (TPSA) is 52.6 Å². The second-order valence-corrected chi connectivity index (χ2v) is 6.30. The number of aliphatic hydroxyl groups excluding tert-OH is 1. The molecule has 1 amide bonds. The molecule has 0 spiro atoms. The number of likely N-dealkylation sites (tertiary alicyclic amines) is 1. The normalized spacial score (nSPS) is 29.6. The van der Waals surface area contributed by atoms with E-state index in [2.05, 4.69) is 10.2 Å². The zero-order valence-electron chi connectivity index (χ0n) is 11.0. The van der Waals surface area contributed by atoms with Gasteiger partial charge >= 0.3 is 0 Å². The van der Waals surface area contributed by atoms with Gasteiger partial charge in [0.25, 0.3) is 0 Å². The summed E-state index contributed by atoms with van der Waals surface area (Å²) in [6.07, 6.45) is 6.82. The van der Waals surface area contributed by atoms with Gasteiger partial charge in [0.1, 0.15) is 0 Å². The molecule has 2 aliphatic carbocycles. The fourth-order valence-corrected chi connectivity index (χ4v) is 3.14. The summed E-state index contributed by atoms with van der Waals surface area (Å²) in [5.41, 5.74) is 0. The Kier molecular flexibility index (Phi) is 3.57. The van der Waals surface area contributed by atoms with Crippen molar-refractivity contribution in [2.24, 2.45) is 11.8 Å². The van der Waals surface area contributed by atoms with Gasteiger partial charge in [-0.25, -0.2) is 0 Å². The van der Waals surface area contributed by atoms with E-state index in [0.717, 1.165) is 31.2 Å². The van der Waals surface area contributed by atoms with E-state index < -0.39 is 0 Å². The molecule has 2 N–H and O–H groups in total. The van der Waals surface area contributed by atoms with Crippen molar-refractivity contribution in [3.8, 4) is 0 Å². The van der Waals surface area contributed by atoms with E-state index >= 15 is 0 Å². The highest BCUT2D eigenvalue weighted by Crippen LogP contribution is 2.44. The summed E-state index contributed by atoms with van der Waals surface area (Å²) in [5, 5.41) is 12.8. The number of carbonyl (C=O) groups excluding carboxylic acids is 1. The van der Waals surface area contributed by atoms with Gasteiger partial charge in [-0.3, -0.25) is 9.69 Å². The number of hydrogen-bond acceptors (Lipinski definition) is 3. The predicted molar refractivity (Wildman–Crippen MR) is 69.1 cm³/mol. The van der Waals surface area contributed by atoms with Crippen molar-refractivity contribution < 1.29 is 9.90 Å². The van der Waals surface area contributed by atoms with Crippen LogP contribution in [0, 0.1) is 11.8 Å². The molecule has 2 saturated carbocycles. The molecule has 4 heteroatoms. The first kappa shape index (κ1) is 12.4. The van der Waals surface area contributed by atoms with E-state index in [4.69, 9.17) is 0 Å². The Balaban J connectivity index is 1.45. The summed E-state index contributed by atoms with van der Waals surface area (Å²) >= 11 is 0. The lowest BCUT2D eigenvalue weighted by molar-refractivity contribution is -0.124. The molecule has 3 fully saturated rings. The van der Waals surface area contributed by atoms with Gasteiger partial charge < -0.3 is 10.4 Å². The lowest BCUT2D eigenvalue weighted by Crippen LogP contribution is -2.47. The molecule has 1 aliphatic heterocycles. The first-order valence-electron chi connectivity index (χ1n) is 7.42. The molecule has 1 saturated heterocycles. The number of carbonyl (C=O) groups is 1. The average Bonchev–Trinajstić information content (AvgIpc) is 3.18. The lowest BCUT2D eigenvalue weighted by Gasteiger charge is -2.30. The molecule has 3 rings (SSSR count). The van der Waals surface area contributed by atoms with Crippen molar-refractivity contribution >= 4 is 5.91 Å². The molecule has 102 valence electrons. The highest BCUT2D eigenvalue weighted by Gasteiger charge is 2.42. The molecule has 0 aromatic carbocycles. The van der Waals surface area contributed by atoms with Crippen LogP contribution in [0.4, 0.5) is 0 Å². The third kappa shape index (κ3) is 3.23. The van der Waals surface area contributed by atoms with Crippen LogP contribution < -0.4 is 5.32 Å². The predicted octanol–water partition coefficient (Wildman–Crippen LogP) is 0.748. The van der Waals surface area contributed by atoms with Crippen LogP contribution in [0.3, 0.4) is 0 Å². The average molecular weight is 252 g/mol. The number of hydrogen-bond donors (Lipinski definition) is 2. The number of aliphatic hydroxyl groups is 1. The molecule has 18 heavy (non-hydrogen) atoms. The van der Waals surface area contributed by atoms with E-state index in [0.29, 0.717) is 19.1 Å². The molecule has 0 bridgehead atoms. The summed E-state index contributed by atoms with van der Waals surface area (Å²) in [7, 11) is 0. The van der Waals surface area contributed by atoms with Crippen LogP contribution in [0.5, 0.6) is 0 Å². The number of amides is 1. The number of nitrogens with one attached hydrogen (secondary N) is 1. The molecule has 1 heterocycles. The summed E-state index contributed by atoms with van der Waals surface area (Å²) in [5.74, 6) is 1.68. The molecule has 3 aliphatic rings. The van der Waals surface area contributed by atoms with E-state index in [1.165, 1.54) is 25.7 Å². The van der Waals surface area contributed by atoms with Gasteiger partial charge in [-0.2, -0.15) is 0 Å². The Morgan fingerprint density at radius 2 is 1.89 bits per heavy atom. The number of β-amino-alcohol motifs (C(OH)–C–C–N with tert-alkyl or cyclic N) is 1. The maximum atomic E-state index is 12.1. The van der Waals surface area contributed by atoms with Gasteiger partial charge in [0.05, 0.1) is 12.6 Å². The van der Waals surface area contributed by atoms with Crippen LogP contribution in [-0.2, 0) is 4.79 Å². The maximum absolute atomic E-state index is 12.1. The lowest BCUT2D eigenvalue weighted by atomic mass is 10.1. The van der Waals surface area contributed by atoms with E-state index in [1.54, 1.807) is 0 Å². The van der Waals surface area contributed by atoms with Gasteiger partial charge in [-0.15, -0.1) is 0 Å². The molecular formula is C14H24N2O2. The standard InChI is InChI=1S/C14H24N2O2/c17-12-2-1-7-16(8-12)9-13(18)15-14(10-3-4-10)11-5-6-11/h10-12,14,17H,1-9H2,(H,15,18). The first-order valence-corrected chi connectivity index (χ1v) is 7.42. The first-order chi connectivity index (χ1) is 8.72. The van der Waals surface area contributed by atoms with Gasteiger partial charge in [-0.05, 0) is 56.9 Å². The SMILES string of the molecule is O=C(CN1CCCC(O)C1)NC(C1CC1)C1CC1. The van der Waals surface area contributed by atoms with Crippen LogP contribution >= 0.6 is 0 Å². The fraction of sp³-hybridized carbons (Fsp3) is 0.929. The zero-order chi connectivity index (χ0) is 12.5. The second-order valence-electron chi connectivity index (χ2n) is 6.30. The Hall–Kier alpha value is -0.610. The summed E-state index contributed by atoms with van der Waals surface area (Å²) in [6, 6.07) is 0.451. The number of rotatable bonds is 5. The highest BCUT2D eigenvalue weighted by atomic mass is 16.3. The van der Waals surface area contributed by atoms with Gasteiger partial charge in [0.15, 0.2) is 0 Å². The summed E-state index contributed by atoms with van der Waals surface area (Å²) in [6.45, 7) is 2.07. The molecule has 0 aromatic rings. The minimum Gasteiger partial charge on any atom is -0.392 e. The zero-order valence-corrected chi connectivity index (χ0v) is 11.0. The third-order valence-electron chi connectivity index (χ3n) is 4.44.